The Morgan fingerprint density at radius 3 is 1.06 bits per heavy atom. The van der Waals surface area contributed by atoms with Gasteiger partial charge < -0.3 is 0 Å². The van der Waals surface area contributed by atoms with Gasteiger partial charge in [-0.2, -0.15) is 0 Å². The Kier molecular flexibility index (Phi) is 0.756. The minimum absolute atomic E-state index is 0.821. The highest BCUT2D eigenvalue weighted by Gasteiger charge is 2.58. The van der Waals surface area contributed by atoms with Crippen LogP contribution in [-0.2, 0) is 0 Å². The van der Waals surface area contributed by atoms with Crippen molar-refractivity contribution in [1.82, 2.24) is 0 Å². The van der Waals surface area contributed by atoms with E-state index >= 15 is 0 Å². The van der Waals surface area contributed by atoms with E-state index in [0.29, 0.717) is 0 Å². The first-order valence-corrected chi connectivity index (χ1v) is 6.20. The SMILES string of the molecule is c1c2cc3cc1C1C3C3c4cc-2cc(c4)C13. The Balaban J connectivity index is 1.94. The summed E-state index contributed by atoms with van der Waals surface area (Å²) in [4.78, 5) is 0. The number of hydrogen-bond donors (Lipinski definition) is 0. The quantitative estimate of drug-likeness (QED) is 0.610. The summed E-state index contributed by atoms with van der Waals surface area (Å²) in [5.41, 5.74) is 9.39. The molecule has 2 aromatic carbocycles. The van der Waals surface area contributed by atoms with Crippen molar-refractivity contribution in [3.63, 3.8) is 0 Å². The molecule has 2 aromatic rings. The Labute approximate surface area is 93.9 Å². The van der Waals surface area contributed by atoms with Crippen molar-refractivity contribution in [3.05, 3.63) is 58.7 Å². The highest BCUT2D eigenvalue weighted by Crippen LogP contribution is 2.73. The van der Waals surface area contributed by atoms with Gasteiger partial charge >= 0.3 is 0 Å². The van der Waals surface area contributed by atoms with Gasteiger partial charge in [0, 0.05) is 0 Å². The van der Waals surface area contributed by atoms with E-state index in [0.717, 1.165) is 23.7 Å². The van der Waals surface area contributed by atoms with Crippen LogP contribution in [0.15, 0.2) is 36.4 Å². The lowest BCUT2D eigenvalue weighted by molar-refractivity contribution is 0.255. The maximum atomic E-state index is 2.46. The standard InChI is InChI=1S/C16H10/c1-7-2-10-5-9(1)13-14(10)16-12-4-8(7)3-11(6-12)15(13)16/h1-6,13-16H. The van der Waals surface area contributed by atoms with Crippen molar-refractivity contribution < 1.29 is 0 Å². The molecule has 0 saturated heterocycles. The Morgan fingerprint density at radius 1 is 0.438 bits per heavy atom. The van der Waals surface area contributed by atoms with Crippen LogP contribution in [0, 0.1) is 0 Å². The van der Waals surface area contributed by atoms with Crippen LogP contribution in [0.25, 0.3) is 11.1 Å². The molecular formula is C16H10. The fraction of sp³-hybridized carbons (Fsp3) is 0.250. The fourth-order valence-electron chi connectivity index (χ4n) is 4.86. The van der Waals surface area contributed by atoms with Gasteiger partial charge in [0.15, 0.2) is 0 Å². The van der Waals surface area contributed by atoms with Crippen molar-refractivity contribution >= 4 is 0 Å². The molecule has 0 N–H and O–H groups in total. The minimum atomic E-state index is 0.821. The second-order valence-corrected chi connectivity index (χ2v) is 5.88. The Bertz CT molecular complexity index is 573. The summed E-state index contributed by atoms with van der Waals surface area (Å²) < 4.78 is 0. The van der Waals surface area contributed by atoms with Gasteiger partial charge in [-0.3, -0.25) is 0 Å². The maximum absolute atomic E-state index is 2.46. The summed E-state index contributed by atoms with van der Waals surface area (Å²) >= 11 is 0. The molecule has 0 heterocycles. The van der Waals surface area contributed by atoms with Crippen LogP contribution < -0.4 is 0 Å². The van der Waals surface area contributed by atoms with E-state index in [2.05, 4.69) is 36.4 Å². The first-order valence-electron chi connectivity index (χ1n) is 6.20. The third kappa shape index (κ3) is 0.477. The molecule has 0 amide bonds. The van der Waals surface area contributed by atoms with Crippen molar-refractivity contribution in [1.29, 1.82) is 0 Å². The number of benzene rings is 2. The lowest BCUT2D eigenvalue weighted by Gasteiger charge is -2.47. The van der Waals surface area contributed by atoms with E-state index in [9.17, 15) is 0 Å². The minimum Gasteiger partial charge on any atom is -0.0551 e. The van der Waals surface area contributed by atoms with Crippen LogP contribution in [0.5, 0.6) is 0 Å². The van der Waals surface area contributed by atoms with E-state index in [1.807, 2.05) is 0 Å². The van der Waals surface area contributed by atoms with Gasteiger partial charge in [0.1, 0.15) is 0 Å². The van der Waals surface area contributed by atoms with Crippen molar-refractivity contribution in [2.75, 3.05) is 0 Å². The van der Waals surface area contributed by atoms with Crippen molar-refractivity contribution in [2.24, 2.45) is 0 Å². The second kappa shape index (κ2) is 1.75. The van der Waals surface area contributed by atoms with Crippen LogP contribution in [0.1, 0.15) is 45.9 Å². The first-order chi connectivity index (χ1) is 7.90. The molecule has 0 heteroatoms. The lowest BCUT2D eigenvalue weighted by atomic mass is 9.56. The average Bonchev–Trinajstić information content (AvgIpc) is 2.59. The second-order valence-electron chi connectivity index (χ2n) is 5.88. The summed E-state index contributed by atoms with van der Waals surface area (Å²) in [6, 6.07) is 14.7. The third-order valence-electron chi connectivity index (χ3n) is 5.38. The van der Waals surface area contributed by atoms with E-state index in [4.69, 9.17) is 0 Å². The number of rotatable bonds is 0. The predicted octanol–water partition coefficient (Wildman–Crippen LogP) is 3.74. The fourth-order valence-corrected chi connectivity index (χ4v) is 4.86. The maximum Gasteiger partial charge on any atom is -0.00117 e. The van der Waals surface area contributed by atoms with Gasteiger partial charge in [-0.15, -0.1) is 0 Å². The molecule has 5 aliphatic carbocycles. The zero-order chi connectivity index (χ0) is 10.0. The van der Waals surface area contributed by atoms with Crippen LogP contribution in [0.2, 0.25) is 0 Å². The molecule has 5 aliphatic rings. The molecule has 16 heavy (non-hydrogen) atoms. The van der Waals surface area contributed by atoms with Crippen LogP contribution in [-0.4, -0.2) is 0 Å². The molecule has 1 saturated carbocycles. The summed E-state index contributed by atoms with van der Waals surface area (Å²) in [6.45, 7) is 0. The van der Waals surface area contributed by atoms with Crippen LogP contribution >= 0.6 is 0 Å². The van der Waals surface area contributed by atoms with Crippen molar-refractivity contribution in [2.45, 2.75) is 23.7 Å². The molecule has 0 nitrogen and oxygen atoms in total. The first kappa shape index (κ1) is 6.90. The summed E-state index contributed by atoms with van der Waals surface area (Å²) in [6.07, 6.45) is 0. The molecular weight excluding hydrogens is 192 g/mol. The van der Waals surface area contributed by atoms with Crippen molar-refractivity contribution in [3.8, 4) is 11.1 Å². The average molecular weight is 202 g/mol. The molecule has 0 aromatic heterocycles. The van der Waals surface area contributed by atoms with Gasteiger partial charge in [-0.25, -0.2) is 0 Å². The van der Waals surface area contributed by atoms with Gasteiger partial charge in [0.25, 0.3) is 0 Å². The molecule has 0 unspecified atom stereocenters. The zero-order valence-electron chi connectivity index (χ0n) is 8.77. The monoisotopic (exact) mass is 202 g/mol. The normalized spacial score (nSPS) is 36.8. The van der Waals surface area contributed by atoms with Gasteiger partial charge in [0.2, 0.25) is 0 Å². The summed E-state index contributed by atoms with van der Waals surface area (Å²) in [5.74, 6) is 3.28. The Morgan fingerprint density at radius 2 is 0.750 bits per heavy atom. The Hall–Kier alpha value is -1.56. The predicted molar refractivity (Wildman–Crippen MR) is 62.8 cm³/mol. The molecule has 0 radical (unpaired) electrons. The lowest BCUT2D eigenvalue weighted by Crippen LogP contribution is -2.33. The summed E-state index contributed by atoms with van der Waals surface area (Å²) in [7, 11) is 0. The number of hydrogen-bond acceptors (Lipinski definition) is 0. The summed E-state index contributed by atoms with van der Waals surface area (Å²) in [5, 5.41) is 0. The van der Waals surface area contributed by atoms with E-state index < -0.39 is 0 Å². The topological polar surface area (TPSA) is 0 Å². The molecule has 7 rings (SSSR count). The smallest absolute Gasteiger partial charge is 0.00117 e. The third-order valence-corrected chi connectivity index (χ3v) is 5.38. The molecule has 0 aliphatic heterocycles. The van der Waals surface area contributed by atoms with Gasteiger partial charge in [0.05, 0.1) is 0 Å². The van der Waals surface area contributed by atoms with E-state index in [1.54, 1.807) is 22.3 Å². The molecule has 6 bridgehead atoms. The molecule has 74 valence electrons. The van der Waals surface area contributed by atoms with Gasteiger partial charge in [-0.05, 0) is 57.1 Å². The zero-order valence-corrected chi connectivity index (χ0v) is 8.77. The van der Waals surface area contributed by atoms with E-state index in [1.165, 1.54) is 11.1 Å². The van der Waals surface area contributed by atoms with E-state index in [-0.39, 0.29) is 0 Å². The van der Waals surface area contributed by atoms with Gasteiger partial charge in [-0.1, -0.05) is 36.4 Å². The van der Waals surface area contributed by atoms with Crippen LogP contribution in [0.4, 0.5) is 0 Å². The highest BCUT2D eigenvalue weighted by atomic mass is 14.6. The molecule has 1 fully saturated rings. The highest BCUT2D eigenvalue weighted by molar-refractivity contribution is 5.76. The van der Waals surface area contributed by atoms with Crippen LogP contribution in [0.3, 0.4) is 0 Å². The molecule has 0 atom stereocenters. The largest absolute Gasteiger partial charge is 0.0551 e. The molecule has 0 spiro atoms.